The number of amides is 1. The molecule has 0 radical (unpaired) electrons. The molecule has 0 saturated carbocycles. The molecule has 0 unspecified atom stereocenters. The lowest BCUT2D eigenvalue weighted by molar-refractivity contribution is -0.113. The summed E-state index contributed by atoms with van der Waals surface area (Å²) in [6.07, 6.45) is 0. The summed E-state index contributed by atoms with van der Waals surface area (Å²) < 4.78 is 30.0. The van der Waals surface area contributed by atoms with E-state index in [1.807, 2.05) is 0 Å². The number of thiophene rings is 1. The summed E-state index contributed by atoms with van der Waals surface area (Å²) in [4.78, 5) is 24.6. The normalized spacial score (nSPS) is 10.8. The van der Waals surface area contributed by atoms with Gasteiger partial charge in [-0.1, -0.05) is 34.9 Å². The van der Waals surface area contributed by atoms with E-state index in [1.165, 1.54) is 41.5 Å². The molecule has 30 heavy (non-hydrogen) atoms. The molecule has 3 rings (SSSR count). The van der Waals surface area contributed by atoms with Crippen molar-refractivity contribution in [3.63, 3.8) is 0 Å². The number of ether oxygens (including phenoxy) is 1. The number of halogens is 2. The highest BCUT2D eigenvalue weighted by Crippen LogP contribution is 2.30. The first-order valence-corrected chi connectivity index (χ1v) is 11.7. The number of thioether (sulfide) groups is 2. The number of nitrogens with one attached hydrogen (secondary N) is 2. The third-order valence-electron chi connectivity index (χ3n) is 3.37. The number of carbonyl (C=O) groups is 2. The topological polar surface area (TPSA) is 93.2 Å². The van der Waals surface area contributed by atoms with E-state index >= 15 is 0 Å². The zero-order chi connectivity index (χ0) is 21.5. The van der Waals surface area contributed by atoms with Crippen molar-refractivity contribution in [3.8, 4) is 0 Å². The lowest BCUT2D eigenvalue weighted by Crippen LogP contribution is -2.15. The molecule has 0 atom stereocenters. The predicted octanol–water partition coefficient (Wildman–Crippen LogP) is 5.18. The predicted molar refractivity (Wildman–Crippen MR) is 117 cm³/mol. The van der Waals surface area contributed by atoms with Gasteiger partial charge in [0.25, 0.3) is 5.76 Å². The molecule has 0 aliphatic rings. The second-order valence-corrected chi connectivity index (χ2v) is 9.57. The van der Waals surface area contributed by atoms with Crippen LogP contribution in [0.5, 0.6) is 0 Å². The molecule has 2 heterocycles. The number of alkyl halides is 2. The summed E-state index contributed by atoms with van der Waals surface area (Å²) in [5.41, 5.74) is 1.09. The number of anilines is 3. The van der Waals surface area contributed by atoms with E-state index in [9.17, 15) is 18.4 Å². The first-order chi connectivity index (χ1) is 14.4. The van der Waals surface area contributed by atoms with Crippen LogP contribution in [0.15, 0.2) is 44.9 Å². The van der Waals surface area contributed by atoms with Crippen molar-refractivity contribution in [2.45, 2.75) is 15.0 Å². The van der Waals surface area contributed by atoms with Crippen LogP contribution in [0.1, 0.15) is 9.67 Å². The first-order valence-electron chi connectivity index (χ1n) is 8.18. The number of hydrogen-bond donors (Lipinski definition) is 2. The molecule has 0 aliphatic carbocycles. The van der Waals surface area contributed by atoms with E-state index in [-0.39, 0.29) is 11.7 Å². The quantitative estimate of drug-likeness (QED) is 0.315. The molecular formula is C17H14F2N4O3S4. The smallest absolute Gasteiger partial charge is 0.350 e. The summed E-state index contributed by atoms with van der Waals surface area (Å²) in [7, 11) is 1.28. The minimum absolute atomic E-state index is 0.0879. The Balaban J connectivity index is 1.50. The van der Waals surface area contributed by atoms with Crippen LogP contribution < -0.4 is 10.6 Å². The fraction of sp³-hybridized carbons (Fsp3) is 0.176. The monoisotopic (exact) mass is 488 g/mol. The van der Waals surface area contributed by atoms with Gasteiger partial charge in [0.05, 0.1) is 18.6 Å². The Morgan fingerprint density at radius 3 is 2.67 bits per heavy atom. The number of benzene rings is 1. The molecule has 1 aromatic carbocycles. The third-order valence-corrected chi connectivity index (χ3v) is 6.96. The maximum absolute atomic E-state index is 12.4. The van der Waals surface area contributed by atoms with Crippen LogP contribution >= 0.6 is 46.2 Å². The van der Waals surface area contributed by atoms with Crippen molar-refractivity contribution in [2.75, 3.05) is 23.5 Å². The summed E-state index contributed by atoms with van der Waals surface area (Å²) in [6.45, 7) is 0. The van der Waals surface area contributed by atoms with Gasteiger partial charge in [-0.15, -0.1) is 21.5 Å². The van der Waals surface area contributed by atoms with Crippen LogP contribution in [-0.4, -0.2) is 40.7 Å². The molecule has 2 aromatic heterocycles. The molecule has 0 spiro atoms. The fourth-order valence-electron chi connectivity index (χ4n) is 2.13. The number of hydrogen-bond acceptors (Lipinski definition) is 10. The summed E-state index contributed by atoms with van der Waals surface area (Å²) in [5, 5.41) is 15.9. The molecule has 0 saturated heterocycles. The van der Waals surface area contributed by atoms with Gasteiger partial charge >= 0.3 is 5.97 Å². The minimum atomic E-state index is -2.46. The highest BCUT2D eigenvalue weighted by Gasteiger charge is 2.16. The number of rotatable bonds is 9. The van der Waals surface area contributed by atoms with Crippen molar-refractivity contribution in [1.29, 1.82) is 0 Å². The zero-order valence-electron chi connectivity index (χ0n) is 15.3. The van der Waals surface area contributed by atoms with Gasteiger partial charge in [0.1, 0.15) is 4.88 Å². The lowest BCUT2D eigenvalue weighted by atomic mass is 10.3. The maximum Gasteiger partial charge on any atom is 0.350 e. The number of esters is 1. The van der Waals surface area contributed by atoms with Gasteiger partial charge in [-0.25, -0.2) is 4.79 Å². The van der Waals surface area contributed by atoms with Gasteiger partial charge in [-0.05, 0) is 35.7 Å². The standard InChI is InChI=1S/C17H14F2N4O3S4/c1-26-14(25)13-11(6-7-27-13)21-12(24)8-28-17-23-22-16(30-17)20-9-2-4-10(5-3-9)29-15(18)19/h2-7,15H,8H2,1H3,(H,20,22)(H,21,24). The van der Waals surface area contributed by atoms with Gasteiger partial charge in [0.2, 0.25) is 11.0 Å². The van der Waals surface area contributed by atoms with E-state index in [0.717, 1.165) is 0 Å². The van der Waals surface area contributed by atoms with Crippen LogP contribution in [0.2, 0.25) is 0 Å². The summed E-state index contributed by atoms with van der Waals surface area (Å²) in [6, 6.07) is 8.16. The fourth-order valence-corrected chi connectivity index (χ4v) is 4.97. The van der Waals surface area contributed by atoms with E-state index in [0.29, 0.717) is 42.4 Å². The molecule has 7 nitrogen and oxygen atoms in total. The van der Waals surface area contributed by atoms with Crippen molar-refractivity contribution >= 4 is 74.6 Å². The van der Waals surface area contributed by atoms with E-state index < -0.39 is 11.7 Å². The second-order valence-electron chi connectivity index (χ2n) is 5.39. The summed E-state index contributed by atoms with van der Waals surface area (Å²) in [5.74, 6) is -3.17. The first kappa shape index (κ1) is 22.5. The van der Waals surface area contributed by atoms with Crippen molar-refractivity contribution in [2.24, 2.45) is 0 Å². The van der Waals surface area contributed by atoms with Gasteiger partial charge in [0, 0.05) is 10.6 Å². The SMILES string of the molecule is COC(=O)c1sccc1NC(=O)CSc1nnc(Nc2ccc(SC(F)F)cc2)s1. The number of methoxy groups -OCH3 is 1. The average molecular weight is 489 g/mol. The molecule has 1 amide bonds. The third kappa shape index (κ3) is 6.39. The molecule has 158 valence electrons. The van der Waals surface area contributed by atoms with Gasteiger partial charge < -0.3 is 15.4 Å². The van der Waals surface area contributed by atoms with E-state index in [4.69, 9.17) is 0 Å². The molecule has 13 heteroatoms. The van der Waals surface area contributed by atoms with Crippen LogP contribution in [0.25, 0.3) is 0 Å². The van der Waals surface area contributed by atoms with Gasteiger partial charge in [-0.3, -0.25) is 4.79 Å². The van der Waals surface area contributed by atoms with Crippen LogP contribution in [0, 0.1) is 0 Å². The van der Waals surface area contributed by atoms with Crippen LogP contribution in [-0.2, 0) is 9.53 Å². The van der Waals surface area contributed by atoms with E-state index in [1.54, 1.807) is 35.7 Å². The van der Waals surface area contributed by atoms with Crippen molar-refractivity contribution in [3.05, 3.63) is 40.6 Å². The Hall–Kier alpha value is -2.22. The van der Waals surface area contributed by atoms with E-state index in [2.05, 4.69) is 25.6 Å². The van der Waals surface area contributed by atoms with Crippen molar-refractivity contribution < 1.29 is 23.1 Å². The largest absolute Gasteiger partial charge is 0.465 e. The number of aromatic nitrogens is 2. The van der Waals surface area contributed by atoms with Gasteiger partial charge in [0.15, 0.2) is 4.34 Å². The number of carbonyl (C=O) groups excluding carboxylic acids is 2. The Kier molecular flexibility index (Phi) is 8.01. The highest BCUT2D eigenvalue weighted by molar-refractivity contribution is 8.01. The molecule has 2 N–H and O–H groups in total. The maximum atomic E-state index is 12.4. The summed E-state index contributed by atoms with van der Waals surface area (Å²) >= 11 is 4.12. The highest BCUT2D eigenvalue weighted by atomic mass is 32.2. The molecule has 3 aromatic rings. The van der Waals surface area contributed by atoms with Crippen molar-refractivity contribution in [1.82, 2.24) is 10.2 Å². The molecule has 0 aliphatic heterocycles. The molecule has 0 fully saturated rings. The average Bonchev–Trinajstić information content (AvgIpc) is 3.36. The minimum Gasteiger partial charge on any atom is -0.465 e. The zero-order valence-corrected chi connectivity index (χ0v) is 18.5. The molecular weight excluding hydrogens is 474 g/mol. The van der Waals surface area contributed by atoms with Crippen LogP contribution in [0.4, 0.5) is 25.3 Å². The Labute approximate surface area is 186 Å². The Morgan fingerprint density at radius 2 is 1.97 bits per heavy atom. The lowest BCUT2D eigenvalue weighted by Gasteiger charge is -2.04. The Morgan fingerprint density at radius 1 is 1.20 bits per heavy atom. The van der Waals surface area contributed by atoms with Crippen LogP contribution in [0.3, 0.4) is 0 Å². The molecule has 0 bridgehead atoms. The Bertz CT molecular complexity index is 1010. The number of nitrogens with zero attached hydrogens (tertiary/aromatic N) is 2. The second kappa shape index (κ2) is 10.7. The van der Waals surface area contributed by atoms with Gasteiger partial charge in [-0.2, -0.15) is 8.78 Å².